The lowest BCUT2D eigenvalue weighted by Gasteiger charge is -2.14. The Balaban J connectivity index is 1.49. The predicted molar refractivity (Wildman–Crippen MR) is 98.9 cm³/mol. The van der Waals surface area contributed by atoms with Crippen LogP contribution in [-0.4, -0.2) is 0 Å². The van der Waals surface area contributed by atoms with Crippen LogP contribution in [0.15, 0.2) is 84.9 Å². The highest BCUT2D eigenvalue weighted by atomic mass is 16.5. The molecule has 0 saturated heterocycles. The van der Waals surface area contributed by atoms with Crippen LogP contribution in [0.1, 0.15) is 29.7 Å². The molecule has 1 unspecified atom stereocenters. The molecule has 0 amide bonds. The van der Waals surface area contributed by atoms with Crippen LogP contribution in [0.25, 0.3) is 0 Å². The molecular weight excluding hydrogens is 294 g/mol. The van der Waals surface area contributed by atoms with E-state index in [0.717, 1.165) is 12.3 Å². The molecule has 3 rings (SSSR count). The van der Waals surface area contributed by atoms with Crippen molar-refractivity contribution in [3.63, 3.8) is 0 Å². The number of ether oxygens (including phenoxy) is 1. The van der Waals surface area contributed by atoms with Crippen molar-refractivity contribution in [3.8, 4) is 5.75 Å². The molecule has 2 nitrogen and oxygen atoms in total. The second-order valence-electron chi connectivity index (χ2n) is 5.93. The van der Waals surface area contributed by atoms with E-state index in [4.69, 9.17) is 4.74 Å². The van der Waals surface area contributed by atoms with Gasteiger partial charge in [-0.05, 0) is 35.7 Å². The normalized spacial score (nSPS) is 11.9. The Hall–Kier alpha value is -2.58. The molecule has 0 bridgehead atoms. The van der Waals surface area contributed by atoms with E-state index in [9.17, 15) is 0 Å². The van der Waals surface area contributed by atoms with Crippen molar-refractivity contribution >= 4 is 0 Å². The van der Waals surface area contributed by atoms with Crippen molar-refractivity contribution in [2.75, 3.05) is 0 Å². The summed E-state index contributed by atoms with van der Waals surface area (Å²) in [6.07, 6.45) is 0. The fourth-order valence-electron chi connectivity index (χ4n) is 2.57. The SMILES string of the molecule is CC(NCc1ccc(OCc2ccccc2)cc1)c1ccccc1. The summed E-state index contributed by atoms with van der Waals surface area (Å²) in [5, 5.41) is 3.55. The number of hydrogen-bond donors (Lipinski definition) is 1. The van der Waals surface area contributed by atoms with E-state index >= 15 is 0 Å². The van der Waals surface area contributed by atoms with E-state index in [1.54, 1.807) is 0 Å². The summed E-state index contributed by atoms with van der Waals surface area (Å²) in [4.78, 5) is 0. The van der Waals surface area contributed by atoms with Crippen LogP contribution in [0.4, 0.5) is 0 Å². The van der Waals surface area contributed by atoms with Crippen LogP contribution in [0.2, 0.25) is 0 Å². The lowest BCUT2D eigenvalue weighted by Crippen LogP contribution is -2.17. The summed E-state index contributed by atoms with van der Waals surface area (Å²) in [6, 6.07) is 29.4. The molecule has 0 spiro atoms. The van der Waals surface area contributed by atoms with Crippen LogP contribution in [0.3, 0.4) is 0 Å². The third kappa shape index (κ3) is 4.71. The number of benzene rings is 3. The minimum Gasteiger partial charge on any atom is -0.489 e. The van der Waals surface area contributed by atoms with Gasteiger partial charge in [0, 0.05) is 12.6 Å². The Morgan fingerprint density at radius 3 is 2.04 bits per heavy atom. The minimum absolute atomic E-state index is 0.334. The van der Waals surface area contributed by atoms with Crippen molar-refractivity contribution in [2.45, 2.75) is 26.1 Å². The molecule has 0 aliphatic rings. The summed E-state index contributed by atoms with van der Waals surface area (Å²) in [5.74, 6) is 0.902. The molecule has 3 aromatic rings. The molecular formula is C22H23NO. The van der Waals surface area contributed by atoms with Gasteiger partial charge in [-0.25, -0.2) is 0 Å². The summed E-state index contributed by atoms with van der Waals surface area (Å²) >= 11 is 0. The molecule has 0 saturated carbocycles. The molecule has 0 aliphatic carbocycles. The average molecular weight is 317 g/mol. The van der Waals surface area contributed by atoms with Crippen LogP contribution >= 0.6 is 0 Å². The van der Waals surface area contributed by atoms with Crippen LogP contribution < -0.4 is 10.1 Å². The molecule has 2 heteroatoms. The minimum atomic E-state index is 0.334. The zero-order chi connectivity index (χ0) is 16.6. The highest BCUT2D eigenvalue weighted by molar-refractivity contribution is 5.28. The third-order valence-electron chi connectivity index (χ3n) is 4.08. The van der Waals surface area contributed by atoms with Gasteiger partial charge < -0.3 is 10.1 Å². The van der Waals surface area contributed by atoms with Crippen molar-refractivity contribution < 1.29 is 4.74 Å². The lowest BCUT2D eigenvalue weighted by molar-refractivity contribution is 0.306. The van der Waals surface area contributed by atoms with Gasteiger partial charge in [0.1, 0.15) is 12.4 Å². The van der Waals surface area contributed by atoms with Crippen molar-refractivity contribution in [3.05, 3.63) is 102 Å². The average Bonchev–Trinajstić information content (AvgIpc) is 2.67. The lowest BCUT2D eigenvalue weighted by atomic mass is 10.1. The summed E-state index contributed by atoms with van der Waals surface area (Å²) in [5.41, 5.74) is 3.74. The van der Waals surface area contributed by atoms with E-state index in [2.05, 4.69) is 60.8 Å². The van der Waals surface area contributed by atoms with Crippen LogP contribution in [0.5, 0.6) is 5.75 Å². The largest absolute Gasteiger partial charge is 0.489 e. The van der Waals surface area contributed by atoms with Crippen LogP contribution in [0, 0.1) is 0 Å². The Morgan fingerprint density at radius 2 is 1.38 bits per heavy atom. The quantitative estimate of drug-likeness (QED) is 0.653. The van der Waals surface area contributed by atoms with Gasteiger partial charge in [0.2, 0.25) is 0 Å². The number of nitrogens with one attached hydrogen (secondary N) is 1. The maximum absolute atomic E-state index is 5.82. The van der Waals surface area contributed by atoms with Crippen molar-refractivity contribution in [1.82, 2.24) is 5.32 Å². The van der Waals surface area contributed by atoms with E-state index in [-0.39, 0.29) is 0 Å². The molecule has 0 heterocycles. The van der Waals surface area contributed by atoms with Gasteiger partial charge in [0.25, 0.3) is 0 Å². The molecule has 1 N–H and O–H groups in total. The first kappa shape index (κ1) is 16.3. The first-order valence-electron chi connectivity index (χ1n) is 8.35. The molecule has 1 atom stereocenters. The van der Waals surface area contributed by atoms with E-state index in [1.165, 1.54) is 16.7 Å². The second-order valence-corrected chi connectivity index (χ2v) is 5.93. The van der Waals surface area contributed by atoms with Crippen molar-refractivity contribution in [1.29, 1.82) is 0 Å². The van der Waals surface area contributed by atoms with Gasteiger partial charge in [-0.2, -0.15) is 0 Å². The number of rotatable bonds is 7. The topological polar surface area (TPSA) is 21.3 Å². The predicted octanol–water partition coefficient (Wildman–Crippen LogP) is 5.12. The second kappa shape index (κ2) is 8.32. The van der Waals surface area contributed by atoms with Gasteiger partial charge in [0.15, 0.2) is 0 Å². The highest BCUT2D eigenvalue weighted by Crippen LogP contribution is 2.16. The van der Waals surface area contributed by atoms with Gasteiger partial charge in [-0.15, -0.1) is 0 Å². The molecule has 0 radical (unpaired) electrons. The summed E-state index contributed by atoms with van der Waals surface area (Å²) in [6.45, 7) is 3.63. The van der Waals surface area contributed by atoms with Crippen LogP contribution in [-0.2, 0) is 13.2 Å². The van der Waals surface area contributed by atoms with Gasteiger partial charge >= 0.3 is 0 Å². The first-order valence-corrected chi connectivity index (χ1v) is 8.35. The van der Waals surface area contributed by atoms with Gasteiger partial charge in [-0.1, -0.05) is 72.8 Å². The monoisotopic (exact) mass is 317 g/mol. The highest BCUT2D eigenvalue weighted by Gasteiger charge is 2.04. The fourth-order valence-corrected chi connectivity index (χ4v) is 2.57. The van der Waals surface area contributed by atoms with E-state index in [0.29, 0.717) is 12.6 Å². The Bertz CT molecular complexity index is 723. The molecule has 0 aliphatic heterocycles. The van der Waals surface area contributed by atoms with Gasteiger partial charge in [0.05, 0.1) is 0 Å². The summed E-state index contributed by atoms with van der Waals surface area (Å²) < 4.78 is 5.82. The fraction of sp³-hybridized carbons (Fsp3) is 0.182. The molecule has 122 valence electrons. The van der Waals surface area contributed by atoms with E-state index < -0.39 is 0 Å². The smallest absolute Gasteiger partial charge is 0.119 e. The third-order valence-corrected chi connectivity index (χ3v) is 4.08. The van der Waals surface area contributed by atoms with E-state index in [1.807, 2.05) is 36.4 Å². The molecule has 3 aromatic carbocycles. The zero-order valence-corrected chi connectivity index (χ0v) is 14.0. The maximum Gasteiger partial charge on any atom is 0.119 e. The molecule has 0 fully saturated rings. The zero-order valence-electron chi connectivity index (χ0n) is 14.0. The summed E-state index contributed by atoms with van der Waals surface area (Å²) in [7, 11) is 0. The maximum atomic E-state index is 5.82. The Morgan fingerprint density at radius 1 is 0.750 bits per heavy atom. The van der Waals surface area contributed by atoms with Gasteiger partial charge in [-0.3, -0.25) is 0 Å². The molecule has 24 heavy (non-hydrogen) atoms. The Kier molecular flexibility index (Phi) is 5.65. The standard InChI is InChI=1S/C22H23NO/c1-18(21-10-6-3-7-11-21)23-16-19-12-14-22(15-13-19)24-17-20-8-4-2-5-9-20/h2-15,18,23H,16-17H2,1H3. The molecule has 0 aromatic heterocycles. The Labute approximate surface area is 144 Å². The first-order chi connectivity index (χ1) is 11.8. The van der Waals surface area contributed by atoms with Crippen molar-refractivity contribution in [2.24, 2.45) is 0 Å². The number of hydrogen-bond acceptors (Lipinski definition) is 2.